The average molecular weight is 479 g/mol. The van der Waals surface area contributed by atoms with E-state index in [2.05, 4.69) is 52.9 Å². The van der Waals surface area contributed by atoms with Crippen molar-refractivity contribution in [1.29, 1.82) is 0 Å². The molecule has 3 aromatic heterocycles. The molecule has 4 heterocycles. The lowest BCUT2D eigenvalue weighted by Gasteiger charge is -2.32. The summed E-state index contributed by atoms with van der Waals surface area (Å²) >= 11 is 0. The van der Waals surface area contributed by atoms with Crippen molar-refractivity contribution in [3.63, 3.8) is 0 Å². The van der Waals surface area contributed by atoms with Gasteiger partial charge in [-0.05, 0) is 39.3 Å². The molecule has 0 aromatic carbocycles. The number of nitrogens with one attached hydrogen (secondary N) is 3. The zero-order valence-corrected chi connectivity index (χ0v) is 19.8. The highest BCUT2D eigenvalue weighted by molar-refractivity contribution is 6.06. The fraction of sp³-hybridized carbons (Fsp3) is 0.478. The van der Waals surface area contributed by atoms with Gasteiger partial charge in [-0.2, -0.15) is 5.10 Å². The molecule has 1 saturated carbocycles. The van der Waals surface area contributed by atoms with Crippen LogP contribution >= 0.6 is 0 Å². The highest BCUT2D eigenvalue weighted by Gasteiger charge is 2.29. The molecule has 0 radical (unpaired) electrons. The Hall–Kier alpha value is -3.48. The molecule has 4 N–H and O–H groups in total. The van der Waals surface area contributed by atoms with Gasteiger partial charge in [-0.1, -0.05) is 0 Å². The van der Waals surface area contributed by atoms with Gasteiger partial charge < -0.3 is 20.6 Å². The molecule has 2 fully saturated rings. The Bertz CT molecular complexity index is 1180. The van der Waals surface area contributed by atoms with Crippen LogP contribution in [0, 0.1) is 0 Å². The maximum atomic E-state index is 13.4. The molecule has 3 aromatic rings. The van der Waals surface area contributed by atoms with E-state index in [4.69, 9.17) is 0 Å². The number of aliphatic hydroxyl groups is 1. The van der Waals surface area contributed by atoms with E-state index in [1.165, 1.54) is 12.5 Å². The van der Waals surface area contributed by atoms with Gasteiger partial charge in [0.2, 0.25) is 0 Å². The van der Waals surface area contributed by atoms with Crippen LogP contribution in [0.3, 0.4) is 0 Å². The monoisotopic (exact) mass is 478 g/mol. The lowest BCUT2D eigenvalue weighted by molar-refractivity contribution is 0.0937. The summed E-state index contributed by atoms with van der Waals surface area (Å²) in [5, 5.41) is 24.5. The normalized spacial score (nSPS) is 19.3. The zero-order valence-electron chi connectivity index (χ0n) is 19.8. The maximum absolute atomic E-state index is 13.4. The van der Waals surface area contributed by atoms with Crippen LogP contribution in [-0.2, 0) is 7.05 Å². The summed E-state index contributed by atoms with van der Waals surface area (Å²) in [5.41, 5.74) is 2.43. The van der Waals surface area contributed by atoms with Crippen molar-refractivity contribution in [3.05, 3.63) is 48.2 Å². The third-order valence-corrected chi connectivity index (χ3v) is 6.34. The summed E-state index contributed by atoms with van der Waals surface area (Å²) in [6.45, 7) is 1.89. The van der Waals surface area contributed by atoms with Crippen LogP contribution in [0.2, 0.25) is 0 Å². The Morgan fingerprint density at radius 3 is 2.69 bits per heavy atom. The smallest absolute Gasteiger partial charge is 0.278 e. The molecule has 1 amide bonds. The van der Waals surface area contributed by atoms with Crippen molar-refractivity contribution in [1.82, 2.24) is 39.9 Å². The van der Waals surface area contributed by atoms with Crippen LogP contribution in [0.1, 0.15) is 59.7 Å². The molecule has 2 unspecified atom stereocenters. The molecule has 2 aliphatic rings. The van der Waals surface area contributed by atoms with Crippen LogP contribution in [-0.4, -0.2) is 71.8 Å². The Labute approximate surface area is 203 Å². The summed E-state index contributed by atoms with van der Waals surface area (Å²) in [6.07, 6.45) is 11.0. The second-order valence-electron chi connectivity index (χ2n) is 9.21. The fourth-order valence-electron chi connectivity index (χ4n) is 4.38. The number of carbonyl (C=O) groups is 1. The molecule has 0 spiro atoms. The van der Waals surface area contributed by atoms with Crippen LogP contribution < -0.4 is 16.0 Å². The van der Waals surface area contributed by atoms with Crippen LogP contribution in [0.4, 0.5) is 17.2 Å². The molecule has 35 heavy (non-hydrogen) atoms. The molecule has 1 aliphatic heterocycles. The molecule has 5 rings (SSSR count). The number of aliphatic hydroxyl groups excluding tert-OH is 1. The van der Waals surface area contributed by atoms with Crippen molar-refractivity contribution < 1.29 is 9.90 Å². The summed E-state index contributed by atoms with van der Waals surface area (Å²) in [7, 11) is 3.80. The Kier molecular flexibility index (Phi) is 6.66. The molecule has 1 saturated heterocycles. The quantitative estimate of drug-likeness (QED) is 0.352. The molecule has 2 atom stereocenters. The van der Waals surface area contributed by atoms with Crippen molar-refractivity contribution in [2.75, 3.05) is 30.8 Å². The minimum Gasteiger partial charge on any atom is -0.373 e. The lowest BCUT2D eigenvalue weighted by Crippen LogP contribution is -2.45. The fourth-order valence-corrected chi connectivity index (χ4v) is 4.38. The predicted molar refractivity (Wildman–Crippen MR) is 129 cm³/mol. The third kappa shape index (κ3) is 5.45. The first-order chi connectivity index (χ1) is 17.0. The molecule has 12 nitrogen and oxygen atoms in total. The number of likely N-dealkylation sites (tertiary alicyclic amines) is 1. The van der Waals surface area contributed by atoms with Crippen molar-refractivity contribution in [3.8, 4) is 0 Å². The lowest BCUT2D eigenvalue weighted by atomic mass is 10.1. The first-order valence-electron chi connectivity index (χ1n) is 11.8. The van der Waals surface area contributed by atoms with Crippen LogP contribution in [0.5, 0.6) is 0 Å². The number of aryl methyl sites for hydroxylation is 1. The highest BCUT2D eigenvalue weighted by Crippen LogP contribution is 2.39. The second-order valence-corrected chi connectivity index (χ2v) is 9.21. The predicted octanol–water partition coefficient (Wildman–Crippen LogP) is 1.55. The molecular formula is C23H30N10O2. The number of carbonyl (C=O) groups excluding carboxylic acids is 1. The van der Waals surface area contributed by atoms with Gasteiger partial charge >= 0.3 is 0 Å². The number of likely N-dealkylation sites (N-methyl/N-ethyl adjacent to an activating group) is 1. The minimum absolute atomic E-state index is 0.146. The highest BCUT2D eigenvalue weighted by atomic mass is 16.3. The number of rotatable bonds is 8. The van der Waals surface area contributed by atoms with Crippen molar-refractivity contribution >= 4 is 23.1 Å². The van der Waals surface area contributed by atoms with E-state index in [1.807, 2.05) is 0 Å². The van der Waals surface area contributed by atoms with Gasteiger partial charge in [-0.15, -0.1) is 0 Å². The van der Waals surface area contributed by atoms with Gasteiger partial charge in [0.25, 0.3) is 5.91 Å². The minimum atomic E-state index is -0.989. The van der Waals surface area contributed by atoms with E-state index < -0.39 is 12.1 Å². The van der Waals surface area contributed by atoms with E-state index in [9.17, 15) is 9.90 Å². The SMILES string of the molecule is CN1CCCC(NC(O)c2c(NC(=O)c3nc(C4CC4)cnc3Nc3cncnc3)cnn2C)C1. The summed E-state index contributed by atoms with van der Waals surface area (Å²) < 4.78 is 1.56. The van der Waals surface area contributed by atoms with Gasteiger partial charge in [-0.3, -0.25) is 14.8 Å². The average Bonchev–Trinajstić information content (AvgIpc) is 3.63. The summed E-state index contributed by atoms with van der Waals surface area (Å²) in [6, 6.07) is 0.146. The van der Waals surface area contributed by atoms with E-state index in [-0.39, 0.29) is 11.7 Å². The third-order valence-electron chi connectivity index (χ3n) is 6.34. The van der Waals surface area contributed by atoms with Gasteiger partial charge in [0, 0.05) is 25.6 Å². The van der Waals surface area contributed by atoms with Gasteiger partial charge in [-0.25, -0.2) is 19.9 Å². The maximum Gasteiger partial charge on any atom is 0.278 e. The Morgan fingerprint density at radius 1 is 1.14 bits per heavy atom. The summed E-state index contributed by atoms with van der Waals surface area (Å²) in [4.78, 5) is 32.7. The first-order valence-corrected chi connectivity index (χ1v) is 11.8. The number of nitrogens with zero attached hydrogens (tertiary/aromatic N) is 7. The summed E-state index contributed by atoms with van der Waals surface area (Å²) in [5.74, 6) is 0.186. The van der Waals surface area contributed by atoms with E-state index >= 15 is 0 Å². The molecule has 184 valence electrons. The number of piperidine rings is 1. The molecule has 12 heteroatoms. The van der Waals surface area contributed by atoms with Crippen LogP contribution in [0.25, 0.3) is 0 Å². The van der Waals surface area contributed by atoms with Crippen molar-refractivity contribution in [2.24, 2.45) is 7.05 Å². The Morgan fingerprint density at radius 2 is 1.94 bits per heavy atom. The molecule has 1 aliphatic carbocycles. The van der Waals surface area contributed by atoms with Gasteiger partial charge in [0.1, 0.15) is 18.2 Å². The molecular weight excluding hydrogens is 448 g/mol. The van der Waals surface area contributed by atoms with Gasteiger partial charge in [0.05, 0.1) is 41.9 Å². The first kappa shape index (κ1) is 23.3. The zero-order chi connectivity index (χ0) is 24.4. The number of aromatic nitrogens is 6. The number of hydrogen-bond donors (Lipinski definition) is 4. The standard InChI is InChI=1S/C23H30N10O2/c1-32-7-3-4-15(12-32)29-23(35)20-18(11-27-33(20)2)31-22(34)19-21(28-16-8-24-13-25-9-16)26-10-17(30-19)14-5-6-14/h8-11,13-15,23,29,35H,3-7,12H2,1-2H3,(H,26,28)(H,31,34). The molecule has 0 bridgehead atoms. The number of hydrogen-bond acceptors (Lipinski definition) is 10. The second kappa shape index (κ2) is 10.0. The van der Waals surface area contributed by atoms with Crippen LogP contribution in [0.15, 0.2) is 31.1 Å². The Balaban J connectivity index is 1.37. The van der Waals surface area contributed by atoms with E-state index in [0.29, 0.717) is 28.8 Å². The number of amides is 1. The van der Waals surface area contributed by atoms with Crippen molar-refractivity contribution in [2.45, 2.75) is 43.9 Å². The topological polar surface area (TPSA) is 146 Å². The van der Waals surface area contributed by atoms with E-state index in [1.54, 1.807) is 30.3 Å². The number of anilines is 3. The van der Waals surface area contributed by atoms with Gasteiger partial charge in [0.15, 0.2) is 11.5 Å². The largest absolute Gasteiger partial charge is 0.373 e. The van der Waals surface area contributed by atoms with E-state index in [0.717, 1.165) is 44.5 Å².